The minimum Gasteiger partial charge on any atom is -0.296 e. The number of nitrogens with one attached hydrogen (secondary N) is 1. The highest BCUT2D eigenvalue weighted by atomic mass is 79.9. The Bertz CT molecular complexity index is 551. The van der Waals surface area contributed by atoms with Crippen LogP contribution in [0.2, 0.25) is 0 Å². The van der Waals surface area contributed by atoms with Crippen LogP contribution in [0.15, 0.2) is 28.7 Å². The number of piperidine rings is 1. The molecule has 0 radical (unpaired) electrons. The molecule has 21 heavy (non-hydrogen) atoms. The van der Waals surface area contributed by atoms with Gasteiger partial charge in [0.2, 0.25) is 11.8 Å². The predicted octanol–water partition coefficient (Wildman–Crippen LogP) is 3.78. The molecule has 1 aliphatic heterocycles. The highest BCUT2D eigenvalue weighted by Crippen LogP contribution is 2.43. The van der Waals surface area contributed by atoms with Gasteiger partial charge in [-0.05, 0) is 23.5 Å². The number of hydrogen-bond donors (Lipinski definition) is 1. The molecule has 0 spiro atoms. The van der Waals surface area contributed by atoms with Gasteiger partial charge in [-0.3, -0.25) is 14.9 Å². The van der Waals surface area contributed by atoms with Crippen LogP contribution in [0.1, 0.15) is 50.0 Å². The van der Waals surface area contributed by atoms with E-state index in [1.807, 2.05) is 24.3 Å². The lowest BCUT2D eigenvalue weighted by atomic mass is 9.69. The number of benzene rings is 1. The second kappa shape index (κ2) is 6.30. The molecule has 2 unspecified atom stereocenters. The summed E-state index contributed by atoms with van der Waals surface area (Å²) in [7, 11) is 0. The van der Waals surface area contributed by atoms with Crippen LogP contribution >= 0.6 is 15.9 Å². The zero-order chi connectivity index (χ0) is 14.8. The number of hydrogen-bond acceptors (Lipinski definition) is 2. The Labute approximate surface area is 133 Å². The van der Waals surface area contributed by atoms with Crippen molar-refractivity contribution in [3.05, 3.63) is 34.3 Å². The van der Waals surface area contributed by atoms with Crippen LogP contribution in [-0.2, 0) is 9.59 Å². The second-order valence-corrected chi connectivity index (χ2v) is 7.03. The lowest BCUT2D eigenvalue weighted by molar-refractivity contribution is -0.137. The maximum Gasteiger partial charge on any atom is 0.234 e. The fourth-order valence-electron chi connectivity index (χ4n) is 3.89. The summed E-state index contributed by atoms with van der Waals surface area (Å²) < 4.78 is 0.959. The lowest BCUT2D eigenvalue weighted by Crippen LogP contribution is -2.47. The van der Waals surface area contributed by atoms with Crippen molar-refractivity contribution >= 4 is 27.7 Å². The summed E-state index contributed by atoms with van der Waals surface area (Å²) in [5.74, 6) is 0.185. The van der Waals surface area contributed by atoms with E-state index < -0.39 is 0 Å². The van der Waals surface area contributed by atoms with Gasteiger partial charge in [0, 0.05) is 10.9 Å². The maximum absolute atomic E-state index is 12.5. The minimum absolute atomic E-state index is 0.112. The van der Waals surface area contributed by atoms with E-state index in [1.165, 1.54) is 19.3 Å². The smallest absolute Gasteiger partial charge is 0.234 e. The number of amides is 2. The molecule has 1 saturated heterocycles. The zero-order valence-electron chi connectivity index (χ0n) is 12.0. The number of halogens is 1. The minimum atomic E-state index is -0.207. The monoisotopic (exact) mass is 349 g/mol. The summed E-state index contributed by atoms with van der Waals surface area (Å²) in [5.41, 5.74) is 1.01. The van der Waals surface area contributed by atoms with Gasteiger partial charge in [0.25, 0.3) is 0 Å². The Hall–Kier alpha value is -1.16. The standard InChI is InChI=1S/C17H20BrNO2/c18-14-9-5-4-8-12(14)16-13(10-15(20)19-17(16)21)11-6-2-1-3-7-11/h4-5,8-9,11,13,16H,1-3,6-7,10H2,(H,19,20,21). The first-order chi connectivity index (χ1) is 10.2. The van der Waals surface area contributed by atoms with Crippen LogP contribution in [0.5, 0.6) is 0 Å². The van der Waals surface area contributed by atoms with Crippen molar-refractivity contribution in [2.75, 3.05) is 0 Å². The highest BCUT2D eigenvalue weighted by molar-refractivity contribution is 9.10. The van der Waals surface area contributed by atoms with E-state index in [-0.39, 0.29) is 23.7 Å². The van der Waals surface area contributed by atoms with E-state index in [0.717, 1.165) is 22.9 Å². The van der Waals surface area contributed by atoms with E-state index >= 15 is 0 Å². The number of carbonyl (C=O) groups excluding carboxylic acids is 2. The van der Waals surface area contributed by atoms with Gasteiger partial charge in [0.05, 0.1) is 5.92 Å². The molecule has 2 fully saturated rings. The van der Waals surface area contributed by atoms with Crippen molar-refractivity contribution in [2.45, 2.75) is 44.4 Å². The van der Waals surface area contributed by atoms with Gasteiger partial charge in [-0.1, -0.05) is 66.2 Å². The topological polar surface area (TPSA) is 46.2 Å². The lowest BCUT2D eigenvalue weighted by Gasteiger charge is -2.38. The molecule has 2 amide bonds. The Morgan fingerprint density at radius 2 is 1.76 bits per heavy atom. The molecule has 1 heterocycles. The average Bonchev–Trinajstić information content (AvgIpc) is 2.49. The number of imide groups is 1. The van der Waals surface area contributed by atoms with Gasteiger partial charge >= 0.3 is 0 Å². The molecule has 0 bridgehead atoms. The van der Waals surface area contributed by atoms with Gasteiger partial charge in [0.1, 0.15) is 0 Å². The van der Waals surface area contributed by atoms with Crippen molar-refractivity contribution in [1.29, 1.82) is 0 Å². The molecule has 112 valence electrons. The van der Waals surface area contributed by atoms with Gasteiger partial charge in [0.15, 0.2) is 0 Å². The number of carbonyl (C=O) groups is 2. The Balaban J connectivity index is 1.94. The molecule has 1 aromatic rings. The van der Waals surface area contributed by atoms with Crippen LogP contribution in [0.3, 0.4) is 0 Å². The van der Waals surface area contributed by atoms with E-state index in [0.29, 0.717) is 12.3 Å². The van der Waals surface area contributed by atoms with E-state index in [9.17, 15) is 9.59 Å². The molecule has 3 nitrogen and oxygen atoms in total. The third kappa shape index (κ3) is 3.05. The largest absolute Gasteiger partial charge is 0.296 e. The summed E-state index contributed by atoms with van der Waals surface area (Å²) in [6.45, 7) is 0. The van der Waals surface area contributed by atoms with E-state index in [1.54, 1.807) is 0 Å². The first-order valence-electron chi connectivity index (χ1n) is 7.75. The number of rotatable bonds is 2. The summed E-state index contributed by atoms with van der Waals surface area (Å²) in [6, 6.07) is 7.88. The third-order valence-electron chi connectivity index (χ3n) is 4.89. The van der Waals surface area contributed by atoms with Crippen LogP contribution in [-0.4, -0.2) is 11.8 Å². The first kappa shape index (κ1) is 14.8. The summed E-state index contributed by atoms with van der Waals surface area (Å²) in [6.07, 6.45) is 6.49. The van der Waals surface area contributed by atoms with Crippen molar-refractivity contribution in [3.8, 4) is 0 Å². The average molecular weight is 350 g/mol. The predicted molar refractivity (Wildman–Crippen MR) is 84.7 cm³/mol. The van der Waals surface area contributed by atoms with Crippen molar-refractivity contribution in [2.24, 2.45) is 11.8 Å². The highest BCUT2D eigenvalue weighted by Gasteiger charge is 2.41. The molecule has 0 aromatic heterocycles. The Morgan fingerprint density at radius 1 is 1.05 bits per heavy atom. The molecule has 3 rings (SSSR count). The van der Waals surface area contributed by atoms with E-state index in [2.05, 4.69) is 21.2 Å². The van der Waals surface area contributed by atoms with Crippen molar-refractivity contribution in [1.82, 2.24) is 5.32 Å². The van der Waals surface area contributed by atoms with Crippen LogP contribution in [0, 0.1) is 11.8 Å². The SMILES string of the molecule is O=C1CC(C2CCCCC2)C(c2ccccc2Br)C(=O)N1. The van der Waals surface area contributed by atoms with Gasteiger partial charge < -0.3 is 0 Å². The zero-order valence-corrected chi connectivity index (χ0v) is 13.6. The fraction of sp³-hybridized carbons (Fsp3) is 0.529. The van der Waals surface area contributed by atoms with Crippen LogP contribution in [0.25, 0.3) is 0 Å². The summed E-state index contributed by atoms with van der Waals surface area (Å²) in [5, 5.41) is 2.53. The molecule has 1 aliphatic carbocycles. The second-order valence-electron chi connectivity index (χ2n) is 6.18. The first-order valence-corrected chi connectivity index (χ1v) is 8.54. The molecule has 2 aliphatic rings. The maximum atomic E-state index is 12.5. The third-order valence-corrected chi connectivity index (χ3v) is 5.61. The fourth-order valence-corrected chi connectivity index (χ4v) is 4.42. The Kier molecular flexibility index (Phi) is 4.43. The molecule has 4 heteroatoms. The summed E-state index contributed by atoms with van der Waals surface area (Å²) in [4.78, 5) is 24.3. The van der Waals surface area contributed by atoms with Crippen LogP contribution < -0.4 is 5.32 Å². The molecular formula is C17H20BrNO2. The molecule has 1 N–H and O–H groups in total. The summed E-state index contributed by atoms with van der Waals surface area (Å²) >= 11 is 3.56. The van der Waals surface area contributed by atoms with E-state index in [4.69, 9.17) is 0 Å². The molecule has 1 saturated carbocycles. The molecular weight excluding hydrogens is 330 g/mol. The van der Waals surface area contributed by atoms with Gasteiger partial charge in [-0.15, -0.1) is 0 Å². The Morgan fingerprint density at radius 3 is 2.48 bits per heavy atom. The van der Waals surface area contributed by atoms with Gasteiger partial charge in [-0.25, -0.2) is 0 Å². The molecule has 1 aromatic carbocycles. The van der Waals surface area contributed by atoms with Crippen LogP contribution in [0.4, 0.5) is 0 Å². The quantitative estimate of drug-likeness (QED) is 0.826. The molecule has 2 atom stereocenters. The van der Waals surface area contributed by atoms with Crippen molar-refractivity contribution in [3.63, 3.8) is 0 Å². The van der Waals surface area contributed by atoms with Gasteiger partial charge in [-0.2, -0.15) is 0 Å². The normalized spacial score (nSPS) is 27.5. The van der Waals surface area contributed by atoms with Crippen molar-refractivity contribution < 1.29 is 9.59 Å².